The van der Waals surface area contributed by atoms with Crippen LogP contribution in [0.5, 0.6) is 5.75 Å². The van der Waals surface area contributed by atoms with Gasteiger partial charge in [-0.05, 0) is 98.2 Å². The minimum Gasteiger partial charge on any atom is -0.497 e. The fourth-order valence-corrected chi connectivity index (χ4v) is 4.88. The second-order valence-electron chi connectivity index (χ2n) is 10.0. The number of nitrogens with two attached hydrogens (primary N) is 1. The van der Waals surface area contributed by atoms with Crippen molar-refractivity contribution in [3.8, 4) is 17.6 Å². The van der Waals surface area contributed by atoms with Crippen molar-refractivity contribution in [3.05, 3.63) is 95.6 Å². The van der Waals surface area contributed by atoms with Gasteiger partial charge in [0.1, 0.15) is 5.75 Å². The molecular formula is C34H42N2O2. The predicted octanol–water partition coefficient (Wildman–Crippen LogP) is 7.39. The molecule has 0 saturated heterocycles. The summed E-state index contributed by atoms with van der Waals surface area (Å²) in [5.41, 5.74) is 10.1. The molecule has 1 amide bonds. The van der Waals surface area contributed by atoms with E-state index in [4.69, 9.17) is 10.5 Å². The minimum absolute atomic E-state index is 0.00587. The van der Waals surface area contributed by atoms with Crippen LogP contribution in [0.3, 0.4) is 0 Å². The summed E-state index contributed by atoms with van der Waals surface area (Å²) in [4.78, 5) is 13.2. The first-order valence-electron chi connectivity index (χ1n) is 13.9. The fraction of sp³-hybridized carbons (Fsp3) is 0.382. The van der Waals surface area contributed by atoms with E-state index >= 15 is 0 Å². The first-order valence-corrected chi connectivity index (χ1v) is 13.9. The van der Waals surface area contributed by atoms with Crippen LogP contribution in [0.15, 0.2) is 78.9 Å². The van der Waals surface area contributed by atoms with Gasteiger partial charge in [0.2, 0.25) is 5.91 Å². The molecule has 0 aliphatic carbocycles. The van der Waals surface area contributed by atoms with E-state index in [1.807, 2.05) is 54.6 Å². The van der Waals surface area contributed by atoms with Gasteiger partial charge in [-0.1, -0.05) is 68.9 Å². The molecule has 0 aliphatic rings. The lowest BCUT2D eigenvalue weighted by Crippen LogP contribution is -2.24. The maximum Gasteiger partial charge on any atom is 0.227 e. The van der Waals surface area contributed by atoms with E-state index in [0.29, 0.717) is 18.4 Å². The van der Waals surface area contributed by atoms with E-state index in [2.05, 4.69) is 55.3 Å². The molecule has 200 valence electrons. The van der Waals surface area contributed by atoms with Gasteiger partial charge < -0.3 is 15.8 Å². The summed E-state index contributed by atoms with van der Waals surface area (Å²) >= 11 is 0. The standard InChI is InChI=1S/C34H42N2O2/c1-4-5-11-30(34(37)36-31-20-22-32(38-3)23-21-31)17-12-26(2)33(24-25-35)29-18-15-28(16-19-29)14-13-27-9-7-6-8-10-27/h6-10,15-16,18-23,26,30,33H,4-5,11-12,17,24-25,35H2,1-3H3,(H,36,37)/t26?,30?,33-/m0/s1. The molecule has 3 N–H and O–H groups in total. The molecule has 0 fully saturated rings. The van der Waals surface area contributed by atoms with E-state index in [-0.39, 0.29) is 11.8 Å². The lowest BCUT2D eigenvalue weighted by atomic mass is 9.80. The van der Waals surface area contributed by atoms with Crippen molar-refractivity contribution in [2.24, 2.45) is 17.6 Å². The van der Waals surface area contributed by atoms with Gasteiger partial charge in [-0.3, -0.25) is 4.79 Å². The van der Waals surface area contributed by atoms with Crippen LogP contribution in [0.4, 0.5) is 5.69 Å². The summed E-state index contributed by atoms with van der Waals surface area (Å²) in [5.74, 6) is 8.13. The molecule has 0 saturated carbocycles. The number of hydrogen-bond donors (Lipinski definition) is 2. The number of unbranched alkanes of at least 4 members (excludes halogenated alkanes) is 1. The molecule has 4 nitrogen and oxygen atoms in total. The summed E-state index contributed by atoms with van der Waals surface area (Å²) < 4.78 is 5.23. The maximum atomic E-state index is 13.2. The van der Waals surface area contributed by atoms with Crippen molar-refractivity contribution in [1.82, 2.24) is 0 Å². The molecule has 2 unspecified atom stereocenters. The van der Waals surface area contributed by atoms with Gasteiger partial charge in [0, 0.05) is 22.7 Å². The molecule has 3 aromatic rings. The van der Waals surface area contributed by atoms with Crippen LogP contribution in [0.25, 0.3) is 0 Å². The Morgan fingerprint density at radius 2 is 1.53 bits per heavy atom. The molecule has 38 heavy (non-hydrogen) atoms. The lowest BCUT2D eigenvalue weighted by Gasteiger charge is -2.26. The van der Waals surface area contributed by atoms with Crippen LogP contribution in [-0.4, -0.2) is 19.6 Å². The number of methoxy groups -OCH3 is 1. The Morgan fingerprint density at radius 3 is 2.13 bits per heavy atom. The second-order valence-corrected chi connectivity index (χ2v) is 10.0. The minimum atomic E-state index is -0.00587. The number of ether oxygens (including phenoxy) is 1. The highest BCUT2D eigenvalue weighted by Gasteiger charge is 2.23. The van der Waals surface area contributed by atoms with Gasteiger partial charge in [0.15, 0.2) is 0 Å². The average Bonchev–Trinajstić information content (AvgIpc) is 2.96. The molecule has 0 aliphatic heterocycles. The second kappa shape index (κ2) is 15.6. The topological polar surface area (TPSA) is 64.4 Å². The summed E-state index contributed by atoms with van der Waals surface area (Å²) in [6.45, 7) is 5.11. The van der Waals surface area contributed by atoms with Crippen LogP contribution in [0, 0.1) is 23.7 Å². The Morgan fingerprint density at radius 1 is 0.868 bits per heavy atom. The Labute approximate surface area is 229 Å². The van der Waals surface area contributed by atoms with Gasteiger partial charge in [0.05, 0.1) is 7.11 Å². The first-order chi connectivity index (χ1) is 18.5. The Kier molecular flexibility index (Phi) is 11.9. The van der Waals surface area contributed by atoms with E-state index in [0.717, 1.165) is 61.1 Å². The SMILES string of the molecule is CCCCC(CCC(C)[C@H](CCN)c1ccc(C#Cc2ccccc2)cc1)C(=O)Nc1ccc(OC)cc1. The van der Waals surface area contributed by atoms with Gasteiger partial charge in [-0.25, -0.2) is 0 Å². The average molecular weight is 511 g/mol. The number of carbonyl (C=O) groups is 1. The van der Waals surface area contributed by atoms with Crippen LogP contribution in [0.2, 0.25) is 0 Å². The zero-order valence-corrected chi connectivity index (χ0v) is 23.1. The number of benzene rings is 3. The molecule has 0 spiro atoms. The molecule has 3 atom stereocenters. The quantitative estimate of drug-likeness (QED) is 0.236. The highest BCUT2D eigenvalue weighted by Crippen LogP contribution is 2.33. The van der Waals surface area contributed by atoms with Crippen LogP contribution >= 0.6 is 0 Å². The highest BCUT2D eigenvalue weighted by atomic mass is 16.5. The third-order valence-corrected chi connectivity index (χ3v) is 7.23. The summed E-state index contributed by atoms with van der Waals surface area (Å²) in [6, 6.07) is 26.2. The van der Waals surface area contributed by atoms with Crippen LogP contribution < -0.4 is 15.8 Å². The molecule has 0 heterocycles. The van der Waals surface area contributed by atoms with Crippen molar-refractivity contribution in [2.45, 2.75) is 58.3 Å². The molecular weight excluding hydrogens is 468 g/mol. The lowest BCUT2D eigenvalue weighted by molar-refractivity contribution is -0.120. The first kappa shape index (κ1) is 29.0. The number of amides is 1. The number of anilines is 1. The van der Waals surface area contributed by atoms with E-state index in [1.165, 1.54) is 5.56 Å². The summed E-state index contributed by atoms with van der Waals surface area (Å²) in [5, 5.41) is 3.11. The Bertz CT molecular complexity index is 1160. The summed E-state index contributed by atoms with van der Waals surface area (Å²) in [7, 11) is 1.64. The van der Waals surface area contributed by atoms with Crippen molar-refractivity contribution >= 4 is 11.6 Å². The zero-order chi connectivity index (χ0) is 27.2. The molecule has 3 rings (SSSR count). The van der Waals surface area contributed by atoms with Crippen molar-refractivity contribution < 1.29 is 9.53 Å². The molecule has 0 radical (unpaired) electrons. The molecule has 3 aromatic carbocycles. The third kappa shape index (κ3) is 9.08. The van der Waals surface area contributed by atoms with Gasteiger partial charge in [-0.15, -0.1) is 0 Å². The van der Waals surface area contributed by atoms with Crippen LogP contribution in [0.1, 0.15) is 75.0 Å². The van der Waals surface area contributed by atoms with Crippen molar-refractivity contribution in [2.75, 3.05) is 19.0 Å². The third-order valence-electron chi connectivity index (χ3n) is 7.23. The zero-order valence-electron chi connectivity index (χ0n) is 23.1. The Balaban J connectivity index is 1.63. The van der Waals surface area contributed by atoms with Crippen LogP contribution in [-0.2, 0) is 4.79 Å². The highest BCUT2D eigenvalue weighted by molar-refractivity contribution is 5.92. The normalized spacial score (nSPS) is 13.1. The largest absolute Gasteiger partial charge is 0.497 e. The monoisotopic (exact) mass is 510 g/mol. The Hall–Kier alpha value is -3.55. The molecule has 0 bridgehead atoms. The summed E-state index contributed by atoms with van der Waals surface area (Å²) in [6.07, 6.45) is 5.80. The predicted molar refractivity (Wildman–Crippen MR) is 158 cm³/mol. The number of hydrogen-bond acceptors (Lipinski definition) is 3. The van der Waals surface area contributed by atoms with Gasteiger partial charge in [-0.2, -0.15) is 0 Å². The van der Waals surface area contributed by atoms with Crippen molar-refractivity contribution in [1.29, 1.82) is 0 Å². The number of nitrogens with one attached hydrogen (secondary N) is 1. The van der Waals surface area contributed by atoms with Crippen molar-refractivity contribution in [3.63, 3.8) is 0 Å². The van der Waals surface area contributed by atoms with E-state index in [1.54, 1.807) is 7.11 Å². The molecule has 4 heteroatoms. The molecule has 0 aromatic heterocycles. The van der Waals surface area contributed by atoms with Gasteiger partial charge >= 0.3 is 0 Å². The smallest absolute Gasteiger partial charge is 0.227 e. The number of rotatable bonds is 13. The van der Waals surface area contributed by atoms with E-state index in [9.17, 15) is 4.79 Å². The fourth-order valence-electron chi connectivity index (χ4n) is 4.88. The number of carbonyl (C=O) groups excluding carboxylic acids is 1. The maximum absolute atomic E-state index is 13.2. The van der Waals surface area contributed by atoms with Gasteiger partial charge in [0.25, 0.3) is 0 Å². The van der Waals surface area contributed by atoms with E-state index < -0.39 is 0 Å².